The van der Waals surface area contributed by atoms with Gasteiger partial charge in [-0.25, -0.2) is 0 Å². The predicted molar refractivity (Wildman–Crippen MR) is 85.5 cm³/mol. The standard InChI is InChI=1S/C17H24N2O4/c1-12-2-3-15(23-5-4-18)14(6-12)16(21)19-7-13-8-22-11-17(13,9-19)10-20/h2-3,6,13,20H,4-5,7-11,18H2,1H3/t13-,17-/m0/s1. The number of hydrogen-bond donors (Lipinski definition) is 2. The second kappa shape index (κ2) is 6.47. The SMILES string of the molecule is Cc1ccc(OCCN)c(C(=O)N2C[C@H]3COC[C@@]3(CO)C2)c1. The number of aliphatic hydroxyl groups is 1. The third kappa shape index (κ3) is 2.94. The number of amides is 1. The van der Waals surface area contributed by atoms with Crippen molar-refractivity contribution in [1.29, 1.82) is 0 Å². The zero-order valence-corrected chi connectivity index (χ0v) is 13.5. The average Bonchev–Trinajstić information content (AvgIpc) is 3.10. The summed E-state index contributed by atoms with van der Waals surface area (Å²) in [6.07, 6.45) is 0. The van der Waals surface area contributed by atoms with Crippen molar-refractivity contribution in [2.75, 3.05) is 46.1 Å². The molecule has 3 N–H and O–H groups in total. The van der Waals surface area contributed by atoms with E-state index in [1.165, 1.54) is 0 Å². The van der Waals surface area contributed by atoms with E-state index in [2.05, 4.69) is 0 Å². The normalized spacial score (nSPS) is 26.4. The Labute approximate surface area is 136 Å². The number of carbonyl (C=O) groups excluding carboxylic acids is 1. The Hall–Kier alpha value is -1.63. The molecular formula is C17H24N2O4. The van der Waals surface area contributed by atoms with Gasteiger partial charge < -0.3 is 25.2 Å². The van der Waals surface area contributed by atoms with Gasteiger partial charge >= 0.3 is 0 Å². The van der Waals surface area contributed by atoms with Crippen LogP contribution in [0.25, 0.3) is 0 Å². The zero-order valence-electron chi connectivity index (χ0n) is 13.5. The number of carbonyl (C=O) groups is 1. The van der Waals surface area contributed by atoms with Crippen molar-refractivity contribution in [3.05, 3.63) is 29.3 Å². The van der Waals surface area contributed by atoms with Gasteiger partial charge in [0.15, 0.2) is 0 Å². The van der Waals surface area contributed by atoms with Crippen molar-refractivity contribution < 1.29 is 19.4 Å². The van der Waals surface area contributed by atoms with E-state index in [-0.39, 0.29) is 23.8 Å². The van der Waals surface area contributed by atoms with Crippen LogP contribution in [0.3, 0.4) is 0 Å². The molecule has 6 heteroatoms. The third-order valence-corrected chi connectivity index (χ3v) is 4.86. The molecule has 2 aliphatic heterocycles. The molecule has 0 spiro atoms. The molecule has 0 unspecified atom stereocenters. The van der Waals surface area contributed by atoms with E-state index in [0.29, 0.717) is 50.8 Å². The lowest BCUT2D eigenvalue weighted by Gasteiger charge is -2.24. The number of aliphatic hydroxyl groups excluding tert-OH is 1. The van der Waals surface area contributed by atoms with Gasteiger partial charge in [0, 0.05) is 31.0 Å². The Bertz CT molecular complexity index is 592. The molecule has 2 heterocycles. The van der Waals surface area contributed by atoms with Gasteiger partial charge in [0.1, 0.15) is 12.4 Å². The highest BCUT2D eigenvalue weighted by Crippen LogP contribution is 2.41. The molecule has 0 aliphatic carbocycles. The van der Waals surface area contributed by atoms with Crippen LogP contribution in [0.4, 0.5) is 0 Å². The second-order valence-electron chi connectivity index (χ2n) is 6.55. The minimum absolute atomic E-state index is 0.0474. The number of likely N-dealkylation sites (tertiary alicyclic amines) is 1. The lowest BCUT2D eigenvalue weighted by atomic mass is 9.82. The molecule has 0 aromatic heterocycles. The average molecular weight is 320 g/mol. The second-order valence-corrected chi connectivity index (χ2v) is 6.55. The van der Waals surface area contributed by atoms with E-state index in [0.717, 1.165) is 5.56 Å². The molecule has 3 rings (SSSR count). The summed E-state index contributed by atoms with van der Waals surface area (Å²) >= 11 is 0. The first-order valence-corrected chi connectivity index (χ1v) is 8.01. The van der Waals surface area contributed by atoms with Crippen LogP contribution in [-0.2, 0) is 4.74 Å². The van der Waals surface area contributed by atoms with Gasteiger partial charge in [-0.05, 0) is 19.1 Å². The largest absolute Gasteiger partial charge is 0.491 e. The Morgan fingerprint density at radius 3 is 3.09 bits per heavy atom. The third-order valence-electron chi connectivity index (χ3n) is 4.86. The molecule has 6 nitrogen and oxygen atoms in total. The summed E-state index contributed by atoms with van der Waals surface area (Å²) in [7, 11) is 0. The highest BCUT2D eigenvalue weighted by molar-refractivity contribution is 5.97. The maximum atomic E-state index is 13.0. The molecular weight excluding hydrogens is 296 g/mol. The smallest absolute Gasteiger partial charge is 0.257 e. The zero-order chi connectivity index (χ0) is 16.4. The molecule has 1 aromatic rings. The van der Waals surface area contributed by atoms with Crippen molar-refractivity contribution >= 4 is 5.91 Å². The molecule has 0 radical (unpaired) electrons. The Morgan fingerprint density at radius 2 is 2.39 bits per heavy atom. The number of aryl methyl sites for hydroxylation is 1. The number of benzene rings is 1. The molecule has 2 fully saturated rings. The highest BCUT2D eigenvalue weighted by Gasteiger charge is 2.51. The maximum Gasteiger partial charge on any atom is 0.257 e. The Morgan fingerprint density at radius 1 is 1.57 bits per heavy atom. The van der Waals surface area contributed by atoms with Gasteiger partial charge in [0.25, 0.3) is 5.91 Å². The Balaban J connectivity index is 1.82. The summed E-state index contributed by atoms with van der Waals surface area (Å²) in [5.41, 5.74) is 6.75. The van der Waals surface area contributed by atoms with Crippen molar-refractivity contribution in [3.63, 3.8) is 0 Å². The molecule has 2 saturated heterocycles. The lowest BCUT2D eigenvalue weighted by molar-refractivity contribution is 0.0628. The summed E-state index contributed by atoms with van der Waals surface area (Å²) in [5, 5.41) is 9.76. The maximum absolute atomic E-state index is 13.0. The van der Waals surface area contributed by atoms with Crippen LogP contribution in [0.5, 0.6) is 5.75 Å². The number of nitrogens with two attached hydrogens (primary N) is 1. The van der Waals surface area contributed by atoms with Crippen LogP contribution >= 0.6 is 0 Å². The van der Waals surface area contributed by atoms with Crippen molar-refractivity contribution in [3.8, 4) is 5.75 Å². The van der Waals surface area contributed by atoms with Crippen molar-refractivity contribution in [1.82, 2.24) is 4.90 Å². The number of ether oxygens (including phenoxy) is 2. The van der Waals surface area contributed by atoms with Crippen molar-refractivity contribution in [2.24, 2.45) is 17.1 Å². The van der Waals surface area contributed by atoms with Crippen LogP contribution in [0, 0.1) is 18.3 Å². The van der Waals surface area contributed by atoms with E-state index in [1.54, 1.807) is 0 Å². The first-order valence-electron chi connectivity index (χ1n) is 8.01. The van der Waals surface area contributed by atoms with E-state index < -0.39 is 0 Å². The van der Waals surface area contributed by atoms with Gasteiger partial charge in [-0.3, -0.25) is 4.79 Å². The summed E-state index contributed by atoms with van der Waals surface area (Å²) in [4.78, 5) is 14.8. The minimum Gasteiger partial charge on any atom is -0.491 e. The number of rotatable bonds is 5. The molecule has 1 aromatic carbocycles. The van der Waals surface area contributed by atoms with Gasteiger partial charge in [0.05, 0.1) is 25.4 Å². The summed E-state index contributed by atoms with van der Waals surface area (Å²) < 4.78 is 11.1. The van der Waals surface area contributed by atoms with E-state index in [1.807, 2.05) is 30.0 Å². The van der Waals surface area contributed by atoms with Crippen molar-refractivity contribution in [2.45, 2.75) is 6.92 Å². The number of nitrogens with zero attached hydrogens (tertiary/aromatic N) is 1. The summed E-state index contributed by atoms with van der Waals surface area (Å²) in [5.74, 6) is 0.718. The van der Waals surface area contributed by atoms with Gasteiger partial charge in [-0.2, -0.15) is 0 Å². The molecule has 2 aliphatic rings. The molecule has 0 saturated carbocycles. The quantitative estimate of drug-likeness (QED) is 0.821. The fourth-order valence-electron chi connectivity index (χ4n) is 3.49. The van der Waals surface area contributed by atoms with E-state index in [4.69, 9.17) is 15.2 Å². The summed E-state index contributed by atoms with van der Waals surface area (Å²) in [6, 6.07) is 5.59. The molecule has 126 valence electrons. The minimum atomic E-state index is -0.308. The van der Waals surface area contributed by atoms with Gasteiger partial charge in [-0.1, -0.05) is 11.6 Å². The molecule has 23 heavy (non-hydrogen) atoms. The van der Waals surface area contributed by atoms with Crippen LogP contribution in [0.1, 0.15) is 15.9 Å². The fraction of sp³-hybridized carbons (Fsp3) is 0.588. The first kappa shape index (κ1) is 16.2. The van der Waals surface area contributed by atoms with Crippen LogP contribution in [-0.4, -0.2) is 62.0 Å². The fourth-order valence-corrected chi connectivity index (χ4v) is 3.49. The number of fused-ring (bicyclic) bond motifs is 1. The lowest BCUT2D eigenvalue weighted by Crippen LogP contribution is -2.36. The van der Waals surface area contributed by atoms with Crippen LogP contribution in [0.15, 0.2) is 18.2 Å². The number of hydrogen-bond acceptors (Lipinski definition) is 5. The van der Waals surface area contributed by atoms with Gasteiger partial charge in [0.2, 0.25) is 0 Å². The molecule has 1 amide bonds. The summed E-state index contributed by atoms with van der Waals surface area (Å²) in [6.45, 7) is 5.04. The van der Waals surface area contributed by atoms with E-state index in [9.17, 15) is 9.90 Å². The monoisotopic (exact) mass is 320 g/mol. The highest BCUT2D eigenvalue weighted by atomic mass is 16.5. The van der Waals surface area contributed by atoms with Crippen LogP contribution < -0.4 is 10.5 Å². The van der Waals surface area contributed by atoms with Gasteiger partial charge in [-0.15, -0.1) is 0 Å². The van der Waals surface area contributed by atoms with E-state index >= 15 is 0 Å². The first-order chi connectivity index (χ1) is 11.1. The Kier molecular flexibility index (Phi) is 4.57. The topological polar surface area (TPSA) is 85.0 Å². The predicted octanol–water partition coefficient (Wildman–Crippen LogP) is 0.413. The molecule has 2 atom stereocenters. The van der Waals surface area contributed by atoms with Crippen LogP contribution in [0.2, 0.25) is 0 Å². The molecule has 0 bridgehead atoms.